The molecule has 1 aliphatic heterocycles. The van der Waals surface area contributed by atoms with Gasteiger partial charge in [0.15, 0.2) is 0 Å². The minimum Gasteiger partial charge on any atom is -0.497 e. The van der Waals surface area contributed by atoms with Gasteiger partial charge in [0, 0.05) is 43.9 Å². The summed E-state index contributed by atoms with van der Waals surface area (Å²) in [6.07, 6.45) is -1.01. The van der Waals surface area contributed by atoms with Gasteiger partial charge >= 0.3 is 6.18 Å². The van der Waals surface area contributed by atoms with Gasteiger partial charge in [-0.2, -0.15) is 13.2 Å². The number of halogens is 4. The van der Waals surface area contributed by atoms with Gasteiger partial charge in [-0.1, -0.05) is 12.1 Å². The molecule has 180 valence electrons. The highest BCUT2D eigenvalue weighted by Crippen LogP contribution is 2.42. The Morgan fingerprint density at radius 2 is 2.06 bits per heavy atom. The average Bonchev–Trinajstić information content (AvgIpc) is 3.44. The van der Waals surface area contributed by atoms with E-state index in [1.165, 1.54) is 18.2 Å². The van der Waals surface area contributed by atoms with Crippen molar-refractivity contribution in [2.75, 3.05) is 13.7 Å². The molecule has 2 aromatic heterocycles. The number of fused-ring (bicyclic) bond motifs is 3. The normalized spacial score (nSPS) is 16.1. The number of methoxy groups -OCH3 is 1. The molecule has 0 unspecified atom stereocenters. The van der Waals surface area contributed by atoms with Crippen LogP contribution in [0.1, 0.15) is 33.3 Å². The molecule has 4 nitrogen and oxygen atoms in total. The highest BCUT2D eigenvalue weighted by Gasteiger charge is 2.35. The standard InChI is InChI=1S/C26H20BrF3N2O2S/c1-34-18-6-7-21-20(13-18)19-9-10-32(25(24(19)31-21)22-12-17(27)14-35-22)23(33)8-5-15-3-2-4-16(11-15)26(28,29)30/h2-8,11-14,25,31H,9-10H2,1H3/b8-5+/t25-/m1/s1. The number of H-pyrrole nitrogens is 1. The van der Waals surface area contributed by atoms with E-state index in [-0.39, 0.29) is 11.9 Å². The number of rotatable bonds is 4. The number of thiophene rings is 1. The number of amides is 1. The summed E-state index contributed by atoms with van der Waals surface area (Å²) >= 11 is 5.05. The summed E-state index contributed by atoms with van der Waals surface area (Å²) in [6.45, 7) is 0.475. The van der Waals surface area contributed by atoms with Gasteiger partial charge in [-0.15, -0.1) is 11.3 Å². The first-order chi connectivity index (χ1) is 16.7. The number of ether oxygens (including phenoxy) is 1. The van der Waals surface area contributed by atoms with E-state index >= 15 is 0 Å². The van der Waals surface area contributed by atoms with Gasteiger partial charge < -0.3 is 14.6 Å². The van der Waals surface area contributed by atoms with Crippen molar-refractivity contribution in [1.29, 1.82) is 0 Å². The first-order valence-corrected chi connectivity index (χ1v) is 12.5. The molecule has 1 aliphatic rings. The third-order valence-corrected chi connectivity index (χ3v) is 7.85. The lowest BCUT2D eigenvalue weighted by Gasteiger charge is -2.34. The lowest BCUT2D eigenvalue weighted by Crippen LogP contribution is -2.39. The number of carbonyl (C=O) groups is 1. The van der Waals surface area contributed by atoms with Crippen molar-refractivity contribution in [3.63, 3.8) is 0 Å². The molecule has 9 heteroatoms. The third kappa shape index (κ3) is 4.62. The third-order valence-electron chi connectivity index (χ3n) is 6.11. The summed E-state index contributed by atoms with van der Waals surface area (Å²) in [4.78, 5) is 19.6. The molecule has 4 aromatic rings. The van der Waals surface area contributed by atoms with Crippen LogP contribution in [-0.2, 0) is 17.4 Å². The first-order valence-electron chi connectivity index (χ1n) is 10.8. The van der Waals surface area contributed by atoms with E-state index in [4.69, 9.17) is 4.74 Å². The Hall–Kier alpha value is -3.04. The quantitative estimate of drug-likeness (QED) is 0.268. The molecule has 2 aromatic carbocycles. The lowest BCUT2D eigenvalue weighted by molar-refractivity contribution is -0.137. The molecule has 1 N–H and O–H groups in total. The topological polar surface area (TPSA) is 45.3 Å². The molecule has 35 heavy (non-hydrogen) atoms. The van der Waals surface area contributed by atoms with Gasteiger partial charge in [-0.3, -0.25) is 4.79 Å². The molecule has 1 atom stereocenters. The summed E-state index contributed by atoms with van der Waals surface area (Å²) in [7, 11) is 1.63. The maximum Gasteiger partial charge on any atom is 0.416 e. The Morgan fingerprint density at radius 1 is 1.23 bits per heavy atom. The molecule has 0 fully saturated rings. The van der Waals surface area contributed by atoms with Crippen LogP contribution in [-0.4, -0.2) is 29.4 Å². The molecular weight excluding hydrogens is 541 g/mol. The van der Waals surface area contributed by atoms with Gasteiger partial charge in [-0.25, -0.2) is 0 Å². The van der Waals surface area contributed by atoms with E-state index < -0.39 is 11.7 Å². The summed E-state index contributed by atoms with van der Waals surface area (Å²) < 4.78 is 45.5. The van der Waals surface area contributed by atoms with Crippen LogP contribution < -0.4 is 4.74 Å². The molecule has 0 saturated carbocycles. The predicted octanol–water partition coefficient (Wildman–Crippen LogP) is 7.21. The summed E-state index contributed by atoms with van der Waals surface area (Å²) in [5.41, 5.74) is 2.61. The molecule has 0 bridgehead atoms. The lowest BCUT2D eigenvalue weighted by atomic mass is 9.96. The SMILES string of the molecule is COc1ccc2[nH]c3c(c2c1)CCN(C(=O)/C=C/c1cccc(C(F)(F)F)c1)[C@@H]3c1cc(Br)cs1. The van der Waals surface area contributed by atoms with Crippen LogP contribution in [0.3, 0.4) is 0 Å². The fraction of sp³-hybridized carbons (Fsp3) is 0.192. The largest absolute Gasteiger partial charge is 0.497 e. The number of hydrogen-bond donors (Lipinski definition) is 1. The second kappa shape index (κ2) is 9.20. The first kappa shape index (κ1) is 23.7. The Kier molecular flexibility index (Phi) is 6.23. The van der Waals surface area contributed by atoms with Crippen molar-refractivity contribution < 1.29 is 22.7 Å². The average molecular weight is 561 g/mol. The minimum absolute atomic E-state index is 0.265. The molecule has 3 heterocycles. The zero-order chi connectivity index (χ0) is 24.7. The van der Waals surface area contributed by atoms with Gasteiger partial charge in [0.2, 0.25) is 5.91 Å². The number of nitrogens with zero attached hydrogens (tertiary/aromatic N) is 1. The van der Waals surface area contributed by atoms with Crippen molar-refractivity contribution in [2.45, 2.75) is 18.6 Å². The Bertz CT molecular complexity index is 1440. The fourth-order valence-corrected chi connectivity index (χ4v) is 6.05. The van der Waals surface area contributed by atoms with Crippen LogP contribution in [0.5, 0.6) is 5.75 Å². The van der Waals surface area contributed by atoms with Crippen LogP contribution in [0, 0.1) is 0 Å². The van der Waals surface area contributed by atoms with Gasteiger partial charge in [-0.05, 0) is 76.0 Å². The minimum atomic E-state index is -4.44. The van der Waals surface area contributed by atoms with Crippen molar-refractivity contribution >= 4 is 50.2 Å². The van der Waals surface area contributed by atoms with Crippen LogP contribution >= 0.6 is 27.3 Å². The Balaban J connectivity index is 1.51. The molecule has 0 aliphatic carbocycles. The number of carbonyl (C=O) groups excluding carboxylic acids is 1. The molecule has 5 rings (SSSR count). The smallest absolute Gasteiger partial charge is 0.416 e. The summed E-state index contributed by atoms with van der Waals surface area (Å²) in [5.74, 6) is 0.496. The zero-order valence-electron chi connectivity index (χ0n) is 18.5. The maximum atomic E-state index is 13.3. The van der Waals surface area contributed by atoms with E-state index in [9.17, 15) is 18.0 Å². The predicted molar refractivity (Wildman–Crippen MR) is 135 cm³/mol. The van der Waals surface area contributed by atoms with Crippen LogP contribution in [0.4, 0.5) is 13.2 Å². The second-order valence-corrected chi connectivity index (χ2v) is 10.1. The zero-order valence-corrected chi connectivity index (χ0v) is 20.9. The number of hydrogen-bond acceptors (Lipinski definition) is 3. The van der Waals surface area contributed by atoms with E-state index in [0.29, 0.717) is 18.5 Å². The van der Waals surface area contributed by atoms with Crippen LogP contribution in [0.2, 0.25) is 0 Å². The van der Waals surface area contributed by atoms with Crippen molar-refractivity contribution in [3.8, 4) is 5.75 Å². The van der Waals surface area contributed by atoms with E-state index in [2.05, 4.69) is 20.9 Å². The van der Waals surface area contributed by atoms with E-state index in [0.717, 1.165) is 49.4 Å². The highest BCUT2D eigenvalue weighted by molar-refractivity contribution is 9.10. The number of aromatic nitrogens is 1. The van der Waals surface area contributed by atoms with E-state index in [1.54, 1.807) is 29.4 Å². The Morgan fingerprint density at radius 3 is 2.77 bits per heavy atom. The van der Waals surface area contributed by atoms with Gasteiger partial charge in [0.1, 0.15) is 11.8 Å². The number of benzene rings is 2. The maximum absolute atomic E-state index is 13.3. The summed E-state index contributed by atoms with van der Waals surface area (Å²) in [6, 6.07) is 12.4. The molecule has 0 radical (unpaired) electrons. The molecule has 0 saturated heterocycles. The monoisotopic (exact) mass is 560 g/mol. The molecular formula is C26H20BrF3N2O2S. The van der Waals surface area contributed by atoms with Crippen molar-refractivity contribution in [1.82, 2.24) is 9.88 Å². The van der Waals surface area contributed by atoms with Crippen molar-refractivity contribution in [2.24, 2.45) is 0 Å². The molecule has 0 spiro atoms. The Labute approximate surface area is 212 Å². The molecule has 1 amide bonds. The second-order valence-electron chi connectivity index (χ2n) is 8.24. The fourth-order valence-electron chi connectivity index (χ4n) is 4.48. The van der Waals surface area contributed by atoms with Gasteiger partial charge in [0.25, 0.3) is 0 Å². The summed E-state index contributed by atoms with van der Waals surface area (Å²) in [5, 5.41) is 3.03. The van der Waals surface area contributed by atoms with Crippen molar-refractivity contribution in [3.05, 3.63) is 91.7 Å². The van der Waals surface area contributed by atoms with Crippen LogP contribution in [0.25, 0.3) is 17.0 Å². The van der Waals surface area contributed by atoms with Gasteiger partial charge in [0.05, 0.1) is 12.7 Å². The van der Waals surface area contributed by atoms with Crippen LogP contribution in [0.15, 0.2) is 64.5 Å². The number of aromatic amines is 1. The highest BCUT2D eigenvalue weighted by atomic mass is 79.9. The number of alkyl halides is 3. The van der Waals surface area contributed by atoms with E-state index in [1.807, 2.05) is 29.6 Å². The number of nitrogens with one attached hydrogen (secondary N) is 1.